The number of ether oxygens (including phenoxy) is 1. The molecule has 6 N–H and O–H groups in total. The molecule has 49 heavy (non-hydrogen) atoms. The second-order valence-electron chi connectivity index (χ2n) is 11.5. The number of rotatable bonds is 17. The molecular formula is C37H43N5O6S. The summed E-state index contributed by atoms with van der Waals surface area (Å²) in [4.78, 5) is 40.5. The Bertz CT molecular complexity index is 1780. The Balaban J connectivity index is 1.51. The molecule has 3 amide bonds. The quantitative estimate of drug-likeness (QED) is 0.114. The minimum atomic E-state index is -3.98. The highest BCUT2D eigenvalue weighted by molar-refractivity contribution is 7.89. The first-order chi connectivity index (χ1) is 23.6. The molecule has 0 saturated carbocycles. The van der Waals surface area contributed by atoms with Crippen LogP contribution in [0.25, 0.3) is 0 Å². The van der Waals surface area contributed by atoms with Gasteiger partial charge in [0.1, 0.15) is 17.8 Å². The van der Waals surface area contributed by atoms with Crippen molar-refractivity contribution in [2.75, 3.05) is 13.2 Å². The summed E-state index contributed by atoms with van der Waals surface area (Å²) >= 11 is 0. The van der Waals surface area contributed by atoms with Gasteiger partial charge in [0.05, 0.1) is 18.0 Å². The Morgan fingerprint density at radius 1 is 0.714 bits per heavy atom. The molecule has 258 valence electrons. The molecule has 4 aromatic carbocycles. The number of nitrogens with two attached hydrogens (primary N) is 1. The second kappa shape index (κ2) is 17.9. The minimum Gasteiger partial charge on any atom is -0.494 e. The lowest BCUT2D eigenvalue weighted by molar-refractivity contribution is -0.131. The lowest BCUT2D eigenvalue weighted by atomic mass is 10.0. The van der Waals surface area contributed by atoms with Gasteiger partial charge in [0.25, 0.3) is 0 Å². The number of aryl methyl sites for hydroxylation is 1. The Morgan fingerprint density at radius 3 is 1.90 bits per heavy atom. The molecule has 0 aliphatic rings. The number of sulfonamides is 1. The molecule has 11 nitrogen and oxygen atoms in total. The third-order valence-corrected chi connectivity index (χ3v) is 9.14. The van der Waals surface area contributed by atoms with Gasteiger partial charge < -0.3 is 26.4 Å². The predicted octanol–water partition coefficient (Wildman–Crippen LogP) is 2.90. The molecule has 0 saturated heterocycles. The van der Waals surface area contributed by atoms with E-state index >= 15 is 0 Å². The van der Waals surface area contributed by atoms with Gasteiger partial charge >= 0.3 is 0 Å². The molecule has 0 aromatic heterocycles. The highest BCUT2D eigenvalue weighted by Crippen LogP contribution is 2.15. The summed E-state index contributed by atoms with van der Waals surface area (Å²) in [6.45, 7) is 4.24. The van der Waals surface area contributed by atoms with Crippen molar-refractivity contribution in [2.24, 2.45) is 5.73 Å². The SMILES string of the molecule is CCOc1ccc(CC(NC(=O)CNS(=O)(=O)c2ccc(C)cc2)C(=O)NC(Cc2ccccc2)C(=O)NCc2ccc(CN)cc2)cc1. The van der Waals surface area contributed by atoms with E-state index in [0.29, 0.717) is 24.5 Å². The van der Waals surface area contributed by atoms with Crippen molar-refractivity contribution < 1.29 is 27.5 Å². The smallest absolute Gasteiger partial charge is 0.243 e. The summed E-state index contributed by atoms with van der Waals surface area (Å²) in [5.41, 5.74) is 9.96. The van der Waals surface area contributed by atoms with Gasteiger partial charge in [-0.25, -0.2) is 13.1 Å². The monoisotopic (exact) mass is 685 g/mol. The summed E-state index contributed by atoms with van der Waals surface area (Å²) in [6.07, 6.45) is 0.270. The number of carbonyl (C=O) groups excluding carboxylic acids is 3. The van der Waals surface area contributed by atoms with Crippen LogP contribution >= 0.6 is 0 Å². The molecule has 0 fully saturated rings. The van der Waals surface area contributed by atoms with Crippen molar-refractivity contribution in [2.45, 2.75) is 56.8 Å². The summed E-state index contributed by atoms with van der Waals surface area (Å²) in [7, 11) is -3.98. The van der Waals surface area contributed by atoms with Crippen LogP contribution in [0.15, 0.2) is 108 Å². The van der Waals surface area contributed by atoms with Crippen LogP contribution < -0.4 is 31.1 Å². The van der Waals surface area contributed by atoms with Crippen molar-refractivity contribution in [1.29, 1.82) is 0 Å². The summed E-state index contributed by atoms with van der Waals surface area (Å²) in [6, 6.07) is 28.0. The van der Waals surface area contributed by atoms with Crippen LogP contribution in [0.2, 0.25) is 0 Å². The third kappa shape index (κ3) is 11.6. The van der Waals surface area contributed by atoms with Crippen LogP contribution in [0.3, 0.4) is 0 Å². The van der Waals surface area contributed by atoms with Gasteiger partial charge in [0.2, 0.25) is 27.7 Å². The van der Waals surface area contributed by atoms with Crippen LogP contribution in [0.1, 0.15) is 34.7 Å². The Hall–Kier alpha value is -5.04. The van der Waals surface area contributed by atoms with E-state index in [1.165, 1.54) is 12.1 Å². The van der Waals surface area contributed by atoms with Crippen LogP contribution in [0.5, 0.6) is 5.75 Å². The number of nitrogens with one attached hydrogen (secondary N) is 4. The fourth-order valence-electron chi connectivity index (χ4n) is 4.98. The lowest BCUT2D eigenvalue weighted by Gasteiger charge is -2.24. The maximum Gasteiger partial charge on any atom is 0.243 e. The molecule has 0 radical (unpaired) electrons. The zero-order valence-electron chi connectivity index (χ0n) is 27.6. The van der Waals surface area contributed by atoms with E-state index in [1.54, 1.807) is 36.4 Å². The normalized spacial score (nSPS) is 12.4. The average Bonchev–Trinajstić information content (AvgIpc) is 3.11. The van der Waals surface area contributed by atoms with Gasteiger partial charge in [-0.05, 0) is 60.4 Å². The second-order valence-corrected chi connectivity index (χ2v) is 13.3. The summed E-state index contributed by atoms with van der Waals surface area (Å²) < 4.78 is 33.4. The standard InChI is InChI=1S/C37H43N5O6S/c1-3-48-31-17-15-28(16-18-31)22-34(41-35(43)25-40-49(46,47)32-19-9-26(2)10-20-32)37(45)42-33(21-27-7-5-4-6-8-27)36(44)39-24-30-13-11-29(23-38)12-14-30/h4-20,33-34,40H,3,21-25,38H2,1-2H3,(H,39,44)(H,41,43)(H,42,45). The Labute approximate surface area is 287 Å². The van der Waals surface area contributed by atoms with Gasteiger partial charge in [0, 0.05) is 25.9 Å². The van der Waals surface area contributed by atoms with E-state index in [0.717, 1.165) is 22.3 Å². The Morgan fingerprint density at radius 2 is 1.29 bits per heavy atom. The molecule has 0 aliphatic heterocycles. The number of hydrogen-bond acceptors (Lipinski definition) is 7. The first-order valence-corrected chi connectivity index (χ1v) is 17.5. The van der Waals surface area contributed by atoms with Crippen LogP contribution in [-0.4, -0.2) is 51.4 Å². The highest BCUT2D eigenvalue weighted by atomic mass is 32.2. The summed E-state index contributed by atoms with van der Waals surface area (Å²) in [5, 5.41) is 8.40. The highest BCUT2D eigenvalue weighted by Gasteiger charge is 2.28. The summed E-state index contributed by atoms with van der Waals surface area (Å²) in [5.74, 6) is -1.07. The largest absolute Gasteiger partial charge is 0.494 e. The number of hydrogen-bond donors (Lipinski definition) is 5. The average molecular weight is 686 g/mol. The number of benzene rings is 4. The van der Waals surface area contributed by atoms with Gasteiger partial charge in [0.15, 0.2) is 0 Å². The molecule has 0 bridgehead atoms. The van der Waals surface area contributed by atoms with E-state index in [2.05, 4.69) is 20.7 Å². The predicted molar refractivity (Wildman–Crippen MR) is 188 cm³/mol. The maximum absolute atomic E-state index is 13.9. The lowest BCUT2D eigenvalue weighted by Crippen LogP contribution is -2.56. The van der Waals surface area contributed by atoms with Crippen molar-refractivity contribution in [3.05, 3.63) is 131 Å². The van der Waals surface area contributed by atoms with Gasteiger partial charge in [-0.3, -0.25) is 14.4 Å². The molecule has 12 heteroatoms. The van der Waals surface area contributed by atoms with E-state index in [4.69, 9.17) is 10.5 Å². The zero-order valence-corrected chi connectivity index (χ0v) is 28.5. The molecule has 2 unspecified atom stereocenters. The first-order valence-electron chi connectivity index (χ1n) is 16.0. The molecule has 4 aromatic rings. The molecule has 0 aliphatic carbocycles. The number of amides is 3. The molecule has 2 atom stereocenters. The molecule has 4 rings (SSSR count). The van der Waals surface area contributed by atoms with Crippen LogP contribution in [0.4, 0.5) is 0 Å². The fraction of sp³-hybridized carbons (Fsp3) is 0.270. The van der Waals surface area contributed by atoms with Gasteiger partial charge in [-0.1, -0.05) is 84.4 Å². The van der Waals surface area contributed by atoms with Crippen LogP contribution in [0, 0.1) is 6.92 Å². The Kier molecular flexibility index (Phi) is 13.5. The topological polar surface area (TPSA) is 169 Å². The third-order valence-electron chi connectivity index (χ3n) is 7.72. The van der Waals surface area contributed by atoms with Crippen LogP contribution in [-0.2, 0) is 50.3 Å². The van der Waals surface area contributed by atoms with E-state index in [-0.39, 0.29) is 24.3 Å². The first kappa shape index (κ1) is 36.8. The molecular weight excluding hydrogens is 643 g/mol. The van der Waals surface area contributed by atoms with Gasteiger partial charge in [-0.2, -0.15) is 0 Å². The fourth-order valence-corrected chi connectivity index (χ4v) is 5.96. The van der Waals surface area contributed by atoms with Crippen molar-refractivity contribution in [3.63, 3.8) is 0 Å². The molecule has 0 heterocycles. The van der Waals surface area contributed by atoms with Gasteiger partial charge in [-0.15, -0.1) is 0 Å². The molecule has 0 spiro atoms. The zero-order chi connectivity index (χ0) is 35.2. The van der Waals surface area contributed by atoms with E-state index in [1.807, 2.05) is 68.4 Å². The van der Waals surface area contributed by atoms with Crippen molar-refractivity contribution >= 4 is 27.7 Å². The van der Waals surface area contributed by atoms with E-state index in [9.17, 15) is 22.8 Å². The minimum absolute atomic E-state index is 0.0136. The van der Waals surface area contributed by atoms with Crippen molar-refractivity contribution in [3.8, 4) is 5.75 Å². The van der Waals surface area contributed by atoms with Crippen molar-refractivity contribution in [1.82, 2.24) is 20.7 Å². The van der Waals surface area contributed by atoms with E-state index < -0.39 is 46.4 Å². The maximum atomic E-state index is 13.9. The number of carbonyl (C=O) groups is 3.